The molecule has 1 fully saturated rings. The lowest BCUT2D eigenvalue weighted by Gasteiger charge is -2.28. The zero-order valence-electron chi connectivity index (χ0n) is 14.8. The summed E-state index contributed by atoms with van der Waals surface area (Å²) in [5.74, 6) is -3.29. The molecule has 2 amide bonds. The van der Waals surface area contributed by atoms with Gasteiger partial charge in [0.1, 0.15) is 11.1 Å². The van der Waals surface area contributed by atoms with E-state index in [2.05, 4.69) is 10.6 Å². The van der Waals surface area contributed by atoms with Crippen molar-refractivity contribution in [2.75, 3.05) is 13.7 Å². The molecule has 0 radical (unpaired) electrons. The number of carbonyl (C=O) groups is 4. The summed E-state index contributed by atoms with van der Waals surface area (Å²) in [6, 6.07) is -0.385. The van der Waals surface area contributed by atoms with Crippen molar-refractivity contribution in [2.24, 2.45) is 0 Å². The minimum absolute atomic E-state index is 0.117. The van der Waals surface area contributed by atoms with Gasteiger partial charge in [0.25, 0.3) is 0 Å². The van der Waals surface area contributed by atoms with Gasteiger partial charge in [-0.25, -0.2) is 4.79 Å². The molecule has 3 N–H and O–H groups in total. The molecule has 140 valence electrons. The first kappa shape index (κ1) is 20.6. The van der Waals surface area contributed by atoms with Crippen LogP contribution < -0.4 is 10.6 Å². The van der Waals surface area contributed by atoms with Crippen molar-refractivity contribution in [3.05, 3.63) is 12.2 Å². The van der Waals surface area contributed by atoms with Crippen molar-refractivity contribution < 1.29 is 33.8 Å². The molecule has 1 heterocycles. The molecule has 0 unspecified atom stereocenters. The van der Waals surface area contributed by atoms with Gasteiger partial charge in [0.15, 0.2) is 0 Å². The average molecular weight is 356 g/mol. The summed E-state index contributed by atoms with van der Waals surface area (Å²) in [7, 11) is 1.47. The Labute approximate surface area is 145 Å². The van der Waals surface area contributed by atoms with E-state index in [1.165, 1.54) is 7.11 Å². The molecule has 0 aromatic rings. The van der Waals surface area contributed by atoms with Crippen LogP contribution in [-0.2, 0) is 28.7 Å². The van der Waals surface area contributed by atoms with Gasteiger partial charge in [-0.15, -0.1) is 0 Å². The van der Waals surface area contributed by atoms with Crippen LogP contribution in [0.2, 0.25) is 0 Å². The molecule has 2 atom stereocenters. The molecule has 1 aliphatic rings. The highest BCUT2D eigenvalue weighted by atomic mass is 16.6. The second-order valence-electron chi connectivity index (χ2n) is 6.84. The van der Waals surface area contributed by atoms with Gasteiger partial charge in [-0.2, -0.15) is 0 Å². The Bertz CT molecular complexity index is 580. The van der Waals surface area contributed by atoms with Crippen LogP contribution in [-0.4, -0.2) is 59.8 Å². The molecule has 0 aliphatic carbocycles. The Morgan fingerprint density at radius 2 is 2.00 bits per heavy atom. The van der Waals surface area contributed by atoms with E-state index in [1.807, 2.05) is 0 Å². The molecule has 0 bridgehead atoms. The fraction of sp³-hybridized carbons (Fsp3) is 0.625. The Hall–Kier alpha value is -2.42. The van der Waals surface area contributed by atoms with Gasteiger partial charge in [-0.05, 0) is 20.8 Å². The minimum atomic E-state index is -1.52. The van der Waals surface area contributed by atoms with Crippen LogP contribution in [0.25, 0.3) is 0 Å². The Kier molecular flexibility index (Phi) is 6.69. The third kappa shape index (κ3) is 6.54. The standard InChI is InChI=1S/C16H24N2O7/c1-15(2,3)25-13(22)8-16(18-11(19)5-6-12(20)21)7-10(9-24-4)17-14(16)23/h5-6,10H,7-9H2,1-4H3,(H,17,23)(H,18,19)(H,20,21)/t10-,16-/m0/s1. The minimum Gasteiger partial charge on any atom is -0.478 e. The zero-order valence-corrected chi connectivity index (χ0v) is 14.8. The Morgan fingerprint density at radius 1 is 1.36 bits per heavy atom. The summed E-state index contributed by atoms with van der Waals surface area (Å²) in [6.07, 6.45) is 1.18. The van der Waals surface area contributed by atoms with E-state index in [1.54, 1.807) is 20.8 Å². The highest BCUT2D eigenvalue weighted by Crippen LogP contribution is 2.26. The maximum atomic E-state index is 12.4. The molecular formula is C16H24N2O7. The first-order chi connectivity index (χ1) is 11.5. The molecule has 0 aromatic heterocycles. The summed E-state index contributed by atoms with van der Waals surface area (Å²) < 4.78 is 10.2. The number of rotatable bonds is 7. The molecule has 9 nitrogen and oxygen atoms in total. The topological polar surface area (TPSA) is 131 Å². The zero-order chi connectivity index (χ0) is 19.3. The highest BCUT2D eigenvalue weighted by Gasteiger charge is 2.49. The molecule has 9 heteroatoms. The van der Waals surface area contributed by atoms with Crippen molar-refractivity contribution in [2.45, 2.75) is 50.8 Å². The predicted molar refractivity (Wildman–Crippen MR) is 86.5 cm³/mol. The fourth-order valence-electron chi connectivity index (χ4n) is 2.54. The number of hydrogen-bond donors (Lipinski definition) is 3. The van der Waals surface area contributed by atoms with E-state index >= 15 is 0 Å². The lowest BCUT2D eigenvalue weighted by molar-refractivity contribution is -0.158. The number of carbonyl (C=O) groups excluding carboxylic acids is 3. The molecule has 1 rings (SSSR count). The summed E-state index contributed by atoms with van der Waals surface area (Å²) >= 11 is 0. The lowest BCUT2D eigenvalue weighted by atomic mass is 9.90. The largest absolute Gasteiger partial charge is 0.478 e. The van der Waals surface area contributed by atoms with Gasteiger partial charge < -0.3 is 25.2 Å². The highest BCUT2D eigenvalue weighted by molar-refractivity contribution is 6.00. The number of hydrogen-bond acceptors (Lipinski definition) is 6. The van der Waals surface area contributed by atoms with Crippen LogP contribution in [0.3, 0.4) is 0 Å². The van der Waals surface area contributed by atoms with E-state index in [0.717, 1.165) is 6.08 Å². The van der Waals surface area contributed by atoms with Crippen molar-refractivity contribution in [1.29, 1.82) is 0 Å². The van der Waals surface area contributed by atoms with Crippen molar-refractivity contribution in [1.82, 2.24) is 10.6 Å². The van der Waals surface area contributed by atoms with Gasteiger partial charge in [0.05, 0.1) is 19.1 Å². The van der Waals surface area contributed by atoms with Gasteiger partial charge in [-0.1, -0.05) is 0 Å². The number of nitrogens with one attached hydrogen (secondary N) is 2. The predicted octanol–water partition coefficient (Wildman–Crippen LogP) is -0.251. The number of ether oxygens (including phenoxy) is 2. The van der Waals surface area contributed by atoms with Crippen molar-refractivity contribution in [3.63, 3.8) is 0 Å². The maximum Gasteiger partial charge on any atom is 0.328 e. The molecule has 25 heavy (non-hydrogen) atoms. The number of amides is 2. The monoisotopic (exact) mass is 356 g/mol. The van der Waals surface area contributed by atoms with E-state index in [4.69, 9.17) is 14.6 Å². The van der Waals surface area contributed by atoms with Crippen molar-refractivity contribution >= 4 is 23.8 Å². The number of methoxy groups -OCH3 is 1. The van der Waals surface area contributed by atoms with Crippen LogP contribution in [0.15, 0.2) is 12.2 Å². The van der Waals surface area contributed by atoms with E-state index in [-0.39, 0.29) is 25.5 Å². The van der Waals surface area contributed by atoms with E-state index < -0.39 is 34.9 Å². The van der Waals surface area contributed by atoms with Crippen molar-refractivity contribution in [3.8, 4) is 0 Å². The van der Waals surface area contributed by atoms with E-state index in [0.29, 0.717) is 6.08 Å². The second-order valence-corrected chi connectivity index (χ2v) is 6.84. The molecule has 1 saturated heterocycles. The quantitative estimate of drug-likeness (QED) is 0.423. The Balaban J connectivity index is 2.98. The second kappa shape index (κ2) is 8.11. The molecule has 0 saturated carbocycles. The average Bonchev–Trinajstić information content (AvgIpc) is 2.70. The fourth-order valence-corrected chi connectivity index (χ4v) is 2.54. The smallest absolute Gasteiger partial charge is 0.328 e. The number of esters is 1. The normalized spacial score (nSPS) is 23.4. The van der Waals surface area contributed by atoms with Gasteiger partial charge in [0.2, 0.25) is 11.8 Å². The first-order valence-electron chi connectivity index (χ1n) is 7.72. The van der Waals surface area contributed by atoms with Crippen LogP contribution >= 0.6 is 0 Å². The third-order valence-electron chi connectivity index (χ3n) is 3.34. The van der Waals surface area contributed by atoms with Gasteiger partial charge >= 0.3 is 11.9 Å². The summed E-state index contributed by atoms with van der Waals surface area (Å²) in [6.45, 7) is 5.28. The lowest BCUT2D eigenvalue weighted by Crippen LogP contribution is -2.55. The number of carboxylic acid groups (broad SMARTS) is 1. The molecular weight excluding hydrogens is 332 g/mol. The van der Waals surface area contributed by atoms with Gasteiger partial charge in [-0.3, -0.25) is 14.4 Å². The third-order valence-corrected chi connectivity index (χ3v) is 3.34. The first-order valence-corrected chi connectivity index (χ1v) is 7.72. The number of carboxylic acids is 1. The van der Waals surface area contributed by atoms with E-state index in [9.17, 15) is 19.2 Å². The summed E-state index contributed by atoms with van der Waals surface area (Å²) in [5.41, 5.74) is -2.27. The Morgan fingerprint density at radius 3 is 2.52 bits per heavy atom. The summed E-state index contributed by atoms with van der Waals surface area (Å²) in [5, 5.41) is 13.7. The maximum absolute atomic E-state index is 12.4. The van der Waals surface area contributed by atoms with Crippen LogP contribution in [0.4, 0.5) is 0 Å². The van der Waals surface area contributed by atoms with Crippen LogP contribution in [0.5, 0.6) is 0 Å². The molecule has 0 spiro atoms. The van der Waals surface area contributed by atoms with Gasteiger partial charge in [0, 0.05) is 25.7 Å². The summed E-state index contributed by atoms with van der Waals surface area (Å²) in [4.78, 5) is 47.1. The SMILES string of the molecule is COC[C@@H]1C[C@@](CC(=O)OC(C)(C)C)(NC(=O)C=CC(=O)O)C(=O)N1. The van der Waals surface area contributed by atoms with Crippen LogP contribution in [0.1, 0.15) is 33.6 Å². The van der Waals surface area contributed by atoms with Crippen LogP contribution in [0, 0.1) is 0 Å². The molecule has 0 aromatic carbocycles. The molecule has 1 aliphatic heterocycles. The number of aliphatic carboxylic acids is 1.